The van der Waals surface area contributed by atoms with Crippen LogP contribution in [0.5, 0.6) is 0 Å². The zero-order valence-electron chi connectivity index (χ0n) is 5.93. The number of hydrogen-bond donors (Lipinski definition) is 0. The fourth-order valence-electron chi connectivity index (χ4n) is 1.95. The topological polar surface area (TPSA) is 3.24 Å². The Hall–Kier alpha value is -0.460. The number of rotatable bonds is 0. The first kappa shape index (κ1) is 5.33. The minimum absolute atomic E-state index is 0.894. The molecule has 0 N–H and O–H groups in total. The van der Waals surface area contributed by atoms with E-state index in [1.807, 2.05) is 0 Å². The summed E-state index contributed by atoms with van der Waals surface area (Å²) in [5.74, 6) is 0. The molecule has 0 aliphatic carbocycles. The van der Waals surface area contributed by atoms with Gasteiger partial charge in [-0.1, -0.05) is 6.08 Å². The molecule has 1 heteroatoms. The van der Waals surface area contributed by atoms with Crippen molar-refractivity contribution in [3.05, 3.63) is 11.8 Å². The van der Waals surface area contributed by atoms with Crippen molar-refractivity contribution < 1.29 is 0 Å². The molecular weight excluding hydrogens is 110 g/mol. The average Bonchev–Trinajstić information content (AvgIpc) is 2.19. The highest BCUT2D eigenvalue weighted by Crippen LogP contribution is 2.32. The Morgan fingerprint density at radius 1 is 1.56 bits per heavy atom. The minimum atomic E-state index is 0.894. The van der Waals surface area contributed by atoms with Crippen molar-refractivity contribution in [2.24, 2.45) is 0 Å². The molecule has 2 aliphatic rings. The van der Waals surface area contributed by atoms with Gasteiger partial charge in [0.05, 0.1) is 0 Å². The van der Waals surface area contributed by atoms with E-state index in [4.69, 9.17) is 0 Å². The highest BCUT2D eigenvalue weighted by atomic mass is 15.2. The second-order valence-corrected chi connectivity index (χ2v) is 3.08. The predicted octanol–water partition coefficient (Wildman–Crippen LogP) is 1.76. The molecule has 1 atom stereocenters. The number of nitrogens with zero attached hydrogens (tertiary/aromatic N) is 1. The van der Waals surface area contributed by atoms with E-state index in [1.165, 1.54) is 25.7 Å². The quantitative estimate of drug-likeness (QED) is 0.474. The lowest BCUT2D eigenvalue weighted by Gasteiger charge is -2.26. The molecule has 1 saturated heterocycles. The second kappa shape index (κ2) is 1.76. The van der Waals surface area contributed by atoms with Crippen molar-refractivity contribution in [2.75, 3.05) is 7.05 Å². The van der Waals surface area contributed by atoms with Crippen LogP contribution >= 0.6 is 0 Å². The monoisotopic (exact) mass is 123 g/mol. The smallest absolute Gasteiger partial charge is 0.0290 e. The largest absolute Gasteiger partial charge is 0.375 e. The van der Waals surface area contributed by atoms with Gasteiger partial charge < -0.3 is 4.90 Å². The maximum atomic E-state index is 2.45. The summed E-state index contributed by atoms with van der Waals surface area (Å²) in [5, 5.41) is 0. The highest BCUT2D eigenvalue weighted by Gasteiger charge is 2.26. The summed E-state index contributed by atoms with van der Waals surface area (Å²) in [5.41, 5.74) is 1.59. The van der Waals surface area contributed by atoms with Crippen molar-refractivity contribution >= 4 is 0 Å². The Labute approximate surface area is 56.4 Å². The van der Waals surface area contributed by atoms with Crippen molar-refractivity contribution in [1.29, 1.82) is 0 Å². The molecule has 1 fully saturated rings. The lowest BCUT2D eigenvalue weighted by atomic mass is 10.1. The molecule has 9 heavy (non-hydrogen) atoms. The van der Waals surface area contributed by atoms with E-state index in [0.717, 1.165) is 6.04 Å². The maximum absolute atomic E-state index is 2.45. The van der Waals surface area contributed by atoms with Gasteiger partial charge in [-0.2, -0.15) is 0 Å². The third kappa shape index (κ3) is 0.673. The van der Waals surface area contributed by atoms with Gasteiger partial charge in [0.25, 0.3) is 0 Å². The van der Waals surface area contributed by atoms with Crippen LogP contribution in [0.1, 0.15) is 25.7 Å². The van der Waals surface area contributed by atoms with Crippen LogP contribution in [0.2, 0.25) is 0 Å². The van der Waals surface area contributed by atoms with Gasteiger partial charge in [0.1, 0.15) is 0 Å². The molecule has 2 aliphatic heterocycles. The van der Waals surface area contributed by atoms with Gasteiger partial charge in [-0.05, 0) is 25.7 Å². The Morgan fingerprint density at radius 2 is 2.44 bits per heavy atom. The summed E-state index contributed by atoms with van der Waals surface area (Å²) in [7, 11) is 2.22. The summed E-state index contributed by atoms with van der Waals surface area (Å²) in [4.78, 5) is 2.45. The van der Waals surface area contributed by atoms with Gasteiger partial charge in [-0.25, -0.2) is 0 Å². The Kier molecular flexibility index (Phi) is 1.04. The van der Waals surface area contributed by atoms with Crippen molar-refractivity contribution in [3.63, 3.8) is 0 Å². The second-order valence-electron chi connectivity index (χ2n) is 3.08. The number of fused-ring (bicyclic) bond motifs is 2. The van der Waals surface area contributed by atoms with Gasteiger partial charge in [-0.15, -0.1) is 0 Å². The molecule has 1 nitrogen and oxygen atoms in total. The first-order valence-corrected chi connectivity index (χ1v) is 3.80. The standard InChI is InChI=1S/C8H13N/c1-9-7-3-2-4-8(9)6-5-7/h3,8H,2,4-6H2,1H3. The van der Waals surface area contributed by atoms with E-state index >= 15 is 0 Å². The third-order valence-electron chi connectivity index (χ3n) is 2.61. The van der Waals surface area contributed by atoms with Gasteiger partial charge >= 0.3 is 0 Å². The summed E-state index contributed by atoms with van der Waals surface area (Å²) in [6.45, 7) is 0. The Bertz CT molecular complexity index is 147. The minimum Gasteiger partial charge on any atom is -0.375 e. The fraction of sp³-hybridized carbons (Fsp3) is 0.750. The molecule has 2 rings (SSSR count). The molecule has 0 aromatic heterocycles. The van der Waals surface area contributed by atoms with E-state index in [0.29, 0.717) is 0 Å². The summed E-state index contributed by atoms with van der Waals surface area (Å²) in [6.07, 6.45) is 7.84. The molecule has 0 radical (unpaired) electrons. The van der Waals surface area contributed by atoms with Crippen molar-refractivity contribution in [1.82, 2.24) is 4.90 Å². The Morgan fingerprint density at radius 3 is 3.11 bits per heavy atom. The zero-order chi connectivity index (χ0) is 6.27. The van der Waals surface area contributed by atoms with Crippen LogP contribution in [-0.2, 0) is 0 Å². The lowest BCUT2D eigenvalue weighted by Crippen LogP contribution is -2.25. The van der Waals surface area contributed by atoms with Gasteiger partial charge in [0.2, 0.25) is 0 Å². The summed E-state index contributed by atoms with van der Waals surface area (Å²) < 4.78 is 0. The molecule has 1 unspecified atom stereocenters. The van der Waals surface area contributed by atoms with Crippen LogP contribution in [0.4, 0.5) is 0 Å². The maximum Gasteiger partial charge on any atom is 0.0290 e. The predicted molar refractivity (Wildman–Crippen MR) is 38.1 cm³/mol. The van der Waals surface area contributed by atoms with Gasteiger partial charge in [0, 0.05) is 18.8 Å². The Balaban J connectivity index is 2.27. The molecule has 0 spiro atoms. The first-order valence-electron chi connectivity index (χ1n) is 3.80. The van der Waals surface area contributed by atoms with E-state index in [-0.39, 0.29) is 0 Å². The van der Waals surface area contributed by atoms with Crippen LogP contribution in [0.3, 0.4) is 0 Å². The molecule has 2 heterocycles. The lowest BCUT2D eigenvalue weighted by molar-refractivity contribution is 0.319. The highest BCUT2D eigenvalue weighted by molar-refractivity contribution is 5.11. The van der Waals surface area contributed by atoms with E-state index < -0.39 is 0 Å². The van der Waals surface area contributed by atoms with Gasteiger partial charge in [0.15, 0.2) is 0 Å². The molecule has 0 saturated carbocycles. The van der Waals surface area contributed by atoms with E-state index in [1.54, 1.807) is 5.70 Å². The molecule has 0 aromatic carbocycles. The summed E-state index contributed by atoms with van der Waals surface area (Å²) in [6, 6.07) is 0.894. The number of hydrogen-bond acceptors (Lipinski definition) is 1. The first-order chi connectivity index (χ1) is 4.38. The van der Waals surface area contributed by atoms with Crippen LogP contribution in [0.25, 0.3) is 0 Å². The van der Waals surface area contributed by atoms with Crippen LogP contribution in [0.15, 0.2) is 11.8 Å². The van der Waals surface area contributed by atoms with E-state index in [9.17, 15) is 0 Å². The fourth-order valence-corrected chi connectivity index (χ4v) is 1.95. The number of allylic oxidation sites excluding steroid dienone is 2. The molecule has 2 bridgehead atoms. The van der Waals surface area contributed by atoms with Crippen LogP contribution in [-0.4, -0.2) is 18.0 Å². The normalized spacial score (nSPS) is 32.8. The molecule has 50 valence electrons. The van der Waals surface area contributed by atoms with Crippen molar-refractivity contribution in [3.8, 4) is 0 Å². The average molecular weight is 123 g/mol. The zero-order valence-corrected chi connectivity index (χ0v) is 5.93. The third-order valence-corrected chi connectivity index (χ3v) is 2.61. The van der Waals surface area contributed by atoms with Crippen molar-refractivity contribution in [2.45, 2.75) is 31.7 Å². The summed E-state index contributed by atoms with van der Waals surface area (Å²) >= 11 is 0. The molecule has 0 aromatic rings. The van der Waals surface area contributed by atoms with Gasteiger partial charge in [-0.3, -0.25) is 0 Å². The van der Waals surface area contributed by atoms with Crippen LogP contribution < -0.4 is 0 Å². The molecular formula is C8H13N. The van der Waals surface area contributed by atoms with Crippen LogP contribution in [0, 0.1) is 0 Å². The SMILES string of the molecule is CN1C2=CCCC1CC2. The molecule has 0 amide bonds. The van der Waals surface area contributed by atoms with E-state index in [2.05, 4.69) is 18.0 Å².